The van der Waals surface area contributed by atoms with Crippen LogP contribution in [0.1, 0.15) is 20.8 Å². The summed E-state index contributed by atoms with van der Waals surface area (Å²) >= 11 is 0. The lowest BCUT2D eigenvalue weighted by Gasteiger charge is -2.23. The second-order valence-electron chi connectivity index (χ2n) is 4.54. The zero-order valence-electron chi connectivity index (χ0n) is 11.2. The van der Waals surface area contributed by atoms with Gasteiger partial charge in [-0.3, -0.25) is 4.79 Å². The van der Waals surface area contributed by atoms with E-state index in [1.807, 2.05) is 13.8 Å². The maximum atomic E-state index is 11.4. The Morgan fingerprint density at radius 1 is 1.29 bits per heavy atom. The molecule has 6 nitrogen and oxygen atoms in total. The van der Waals surface area contributed by atoms with E-state index in [4.69, 9.17) is 0 Å². The van der Waals surface area contributed by atoms with Gasteiger partial charge in [-0.2, -0.15) is 12.7 Å². The smallest absolute Gasteiger partial charge is 0.278 e. The quantitative estimate of drug-likeness (QED) is 0.698. The van der Waals surface area contributed by atoms with Gasteiger partial charge in [0.1, 0.15) is 0 Å². The minimum absolute atomic E-state index is 0.0391. The van der Waals surface area contributed by atoms with Crippen molar-refractivity contribution in [2.24, 2.45) is 5.92 Å². The average Bonchev–Trinajstić information content (AvgIpc) is 2.14. The molecule has 1 amide bonds. The van der Waals surface area contributed by atoms with Crippen LogP contribution in [0.15, 0.2) is 0 Å². The molecule has 0 saturated carbocycles. The first-order valence-electron chi connectivity index (χ1n) is 5.59. The van der Waals surface area contributed by atoms with E-state index in [0.29, 0.717) is 19.0 Å². The van der Waals surface area contributed by atoms with Gasteiger partial charge in [0, 0.05) is 40.7 Å². The van der Waals surface area contributed by atoms with Crippen molar-refractivity contribution in [3.63, 3.8) is 0 Å². The Morgan fingerprint density at radius 2 is 1.82 bits per heavy atom. The van der Waals surface area contributed by atoms with Crippen LogP contribution < -0.4 is 4.72 Å². The molecule has 0 unspecified atom stereocenters. The zero-order chi connectivity index (χ0) is 13.6. The lowest BCUT2D eigenvalue weighted by Crippen LogP contribution is -2.42. The van der Waals surface area contributed by atoms with Crippen molar-refractivity contribution in [1.82, 2.24) is 13.9 Å². The van der Waals surface area contributed by atoms with Gasteiger partial charge in [-0.05, 0) is 5.92 Å². The zero-order valence-corrected chi connectivity index (χ0v) is 12.0. The molecule has 0 fully saturated rings. The van der Waals surface area contributed by atoms with Crippen LogP contribution in [0.25, 0.3) is 0 Å². The molecular weight excluding hydrogens is 242 g/mol. The Labute approximate surface area is 104 Å². The third kappa shape index (κ3) is 6.60. The van der Waals surface area contributed by atoms with E-state index in [-0.39, 0.29) is 12.5 Å². The predicted molar refractivity (Wildman–Crippen MR) is 67.7 cm³/mol. The molecule has 17 heavy (non-hydrogen) atoms. The van der Waals surface area contributed by atoms with Gasteiger partial charge in [0.05, 0.1) is 0 Å². The van der Waals surface area contributed by atoms with E-state index in [0.717, 1.165) is 4.31 Å². The maximum Gasteiger partial charge on any atom is 0.278 e. The molecule has 7 heteroatoms. The van der Waals surface area contributed by atoms with Crippen LogP contribution in [-0.4, -0.2) is 57.3 Å². The molecule has 1 N–H and O–H groups in total. The van der Waals surface area contributed by atoms with E-state index < -0.39 is 10.2 Å². The summed E-state index contributed by atoms with van der Waals surface area (Å²) in [4.78, 5) is 12.9. The highest BCUT2D eigenvalue weighted by Gasteiger charge is 2.14. The highest BCUT2D eigenvalue weighted by molar-refractivity contribution is 7.87. The van der Waals surface area contributed by atoms with Gasteiger partial charge in [-0.1, -0.05) is 13.8 Å². The molecular formula is C10H23N3O3S. The Morgan fingerprint density at radius 3 is 2.18 bits per heavy atom. The van der Waals surface area contributed by atoms with Gasteiger partial charge in [0.25, 0.3) is 10.2 Å². The van der Waals surface area contributed by atoms with Crippen LogP contribution in [-0.2, 0) is 15.0 Å². The van der Waals surface area contributed by atoms with Gasteiger partial charge in [0.15, 0.2) is 0 Å². The summed E-state index contributed by atoms with van der Waals surface area (Å²) in [5.41, 5.74) is 0. The van der Waals surface area contributed by atoms with E-state index >= 15 is 0 Å². The molecule has 0 aliphatic rings. The highest BCUT2D eigenvalue weighted by atomic mass is 32.2. The van der Waals surface area contributed by atoms with Crippen molar-refractivity contribution in [2.45, 2.75) is 20.8 Å². The van der Waals surface area contributed by atoms with E-state index in [1.54, 1.807) is 4.90 Å². The van der Waals surface area contributed by atoms with Crippen LogP contribution in [0.4, 0.5) is 0 Å². The minimum atomic E-state index is -3.40. The average molecular weight is 265 g/mol. The number of hydrogen-bond acceptors (Lipinski definition) is 3. The Hall–Kier alpha value is -0.660. The van der Waals surface area contributed by atoms with E-state index in [9.17, 15) is 13.2 Å². The van der Waals surface area contributed by atoms with Crippen molar-refractivity contribution in [1.29, 1.82) is 0 Å². The van der Waals surface area contributed by atoms with Crippen LogP contribution >= 0.6 is 0 Å². The summed E-state index contributed by atoms with van der Waals surface area (Å²) in [7, 11) is -0.488. The number of nitrogens with zero attached hydrogens (tertiary/aromatic N) is 2. The fourth-order valence-electron chi connectivity index (χ4n) is 1.26. The second kappa shape index (κ2) is 6.93. The molecule has 0 aliphatic heterocycles. The third-order valence-electron chi connectivity index (χ3n) is 2.18. The molecule has 0 spiro atoms. The van der Waals surface area contributed by atoms with Crippen molar-refractivity contribution in [3.05, 3.63) is 0 Å². The Bertz CT molecular complexity index is 339. The van der Waals surface area contributed by atoms with Gasteiger partial charge >= 0.3 is 0 Å². The summed E-state index contributed by atoms with van der Waals surface area (Å²) in [6.45, 7) is 6.77. The van der Waals surface area contributed by atoms with Crippen molar-refractivity contribution in [3.8, 4) is 0 Å². The number of hydrogen-bond donors (Lipinski definition) is 1. The van der Waals surface area contributed by atoms with E-state index in [1.165, 1.54) is 21.0 Å². The molecule has 0 heterocycles. The van der Waals surface area contributed by atoms with Gasteiger partial charge in [-0.15, -0.1) is 0 Å². The molecule has 0 radical (unpaired) electrons. The van der Waals surface area contributed by atoms with Crippen molar-refractivity contribution in [2.75, 3.05) is 33.7 Å². The van der Waals surface area contributed by atoms with Crippen LogP contribution in [0.2, 0.25) is 0 Å². The fraction of sp³-hybridized carbons (Fsp3) is 0.900. The Balaban J connectivity index is 4.20. The lowest BCUT2D eigenvalue weighted by atomic mass is 10.2. The standard InChI is InChI=1S/C10H23N3O3S/c1-9(2)8-13(10(3)14)7-6-11-17(15,16)12(4)5/h9,11H,6-8H2,1-5H3. The first kappa shape index (κ1) is 16.3. The monoisotopic (exact) mass is 265 g/mol. The van der Waals surface area contributed by atoms with E-state index in [2.05, 4.69) is 4.72 Å². The molecule has 0 aliphatic carbocycles. The van der Waals surface area contributed by atoms with Crippen LogP contribution in [0.5, 0.6) is 0 Å². The molecule has 0 saturated heterocycles. The molecule has 0 aromatic carbocycles. The number of amides is 1. The van der Waals surface area contributed by atoms with Crippen LogP contribution in [0.3, 0.4) is 0 Å². The first-order valence-corrected chi connectivity index (χ1v) is 7.03. The number of carbonyl (C=O) groups excluding carboxylic acids is 1. The van der Waals surface area contributed by atoms with Gasteiger partial charge in [0.2, 0.25) is 5.91 Å². The topological polar surface area (TPSA) is 69.7 Å². The molecule has 0 aromatic rings. The fourth-order valence-corrected chi connectivity index (χ4v) is 1.86. The Kier molecular flexibility index (Phi) is 6.66. The maximum absolute atomic E-state index is 11.4. The molecule has 102 valence electrons. The predicted octanol–water partition coefficient (Wildman–Crippen LogP) is -0.113. The molecule has 0 bridgehead atoms. The van der Waals surface area contributed by atoms with Crippen LogP contribution in [0, 0.1) is 5.92 Å². The SMILES string of the molecule is CC(=O)N(CCNS(=O)(=O)N(C)C)CC(C)C. The summed E-state index contributed by atoms with van der Waals surface area (Å²) in [5.74, 6) is 0.326. The molecule has 0 rings (SSSR count). The largest absolute Gasteiger partial charge is 0.341 e. The van der Waals surface area contributed by atoms with Crippen molar-refractivity contribution >= 4 is 16.1 Å². The number of nitrogens with one attached hydrogen (secondary N) is 1. The molecule has 0 aromatic heterocycles. The third-order valence-corrected chi connectivity index (χ3v) is 3.71. The number of carbonyl (C=O) groups is 1. The lowest BCUT2D eigenvalue weighted by molar-refractivity contribution is -0.129. The summed E-state index contributed by atoms with van der Waals surface area (Å²) < 4.78 is 26.4. The summed E-state index contributed by atoms with van der Waals surface area (Å²) in [5, 5.41) is 0. The summed E-state index contributed by atoms with van der Waals surface area (Å²) in [6.07, 6.45) is 0. The minimum Gasteiger partial charge on any atom is -0.341 e. The number of rotatable bonds is 7. The van der Waals surface area contributed by atoms with Gasteiger partial charge < -0.3 is 4.90 Å². The van der Waals surface area contributed by atoms with Gasteiger partial charge in [-0.25, -0.2) is 4.72 Å². The highest BCUT2D eigenvalue weighted by Crippen LogP contribution is 1.98. The first-order chi connectivity index (χ1) is 7.66. The normalized spacial score (nSPS) is 12.2. The second-order valence-corrected chi connectivity index (χ2v) is 6.51. The summed E-state index contributed by atoms with van der Waals surface area (Å²) in [6, 6.07) is 0. The van der Waals surface area contributed by atoms with Crippen molar-refractivity contribution < 1.29 is 13.2 Å². The molecule has 0 atom stereocenters.